The van der Waals surface area contributed by atoms with Crippen LogP contribution in [0.3, 0.4) is 0 Å². The summed E-state index contributed by atoms with van der Waals surface area (Å²) < 4.78 is 1.06. The number of rotatable bonds is 8. The average molecular weight is 356 g/mol. The van der Waals surface area contributed by atoms with Crippen molar-refractivity contribution < 1.29 is 4.79 Å². The van der Waals surface area contributed by atoms with E-state index in [0.717, 1.165) is 29.7 Å². The molecular weight excluding hydrogens is 330 g/mol. The molecule has 1 amide bonds. The van der Waals surface area contributed by atoms with Crippen LogP contribution in [0.2, 0.25) is 0 Å². The van der Waals surface area contributed by atoms with E-state index < -0.39 is 0 Å². The zero-order valence-corrected chi connectivity index (χ0v) is 15.0. The second kappa shape index (κ2) is 9.05. The van der Waals surface area contributed by atoms with Gasteiger partial charge in [0.05, 0.1) is 6.54 Å². The van der Waals surface area contributed by atoms with Crippen molar-refractivity contribution in [2.24, 2.45) is 0 Å². The molecule has 0 aliphatic carbocycles. The number of amides is 1. The fourth-order valence-electron chi connectivity index (χ4n) is 2.13. The van der Waals surface area contributed by atoms with Gasteiger partial charge in [0.1, 0.15) is 0 Å². The Kier molecular flexibility index (Phi) is 7.75. The van der Waals surface area contributed by atoms with E-state index in [1.807, 2.05) is 6.07 Å². The fraction of sp³-hybridized carbons (Fsp3) is 0.562. The Balaban J connectivity index is 3.01. The first kappa shape index (κ1) is 18.0. The first-order valence-electron chi connectivity index (χ1n) is 7.45. The third-order valence-corrected chi connectivity index (χ3v) is 3.68. The summed E-state index contributed by atoms with van der Waals surface area (Å²) in [5, 5.41) is 6.14. The van der Waals surface area contributed by atoms with Gasteiger partial charge in [-0.1, -0.05) is 36.7 Å². The number of nitrogens with one attached hydrogen (secondary N) is 2. The SMILES string of the molecule is CCCN(CC(=O)NC)c1ccc(Br)cc1CNC(C)C. The molecule has 0 aromatic heterocycles. The summed E-state index contributed by atoms with van der Waals surface area (Å²) in [5.74, 6) is 0.0362. The summed E-state index contributed by atoms with van der Waals surface area (Å²) in [7, 11) is 1.68. The topological polar surface area (TPSA) is 44.4 Å². The van der Waals surface area contributed by atoms with Crippen molar-refractivity contribution in [3.63, 3.8) is 0 Å². The molecule has 1 rings (SSSR count). The van der Waals surface area contributed by atoms with Crippen molar-refractivity contribution in [3.05, 3.63) is 28.2 Å². The molecule has 0 atom stereocenters. The van der Waals surface area contributed by atoms with E-state index in [4.69, 9.17) is 0 Å². The van der Waals surface area contributed by atoms with Crippen LogP contribution in [0, 0.1) is 0 Å². The summed E-state index contributed by atoms with van der Waals surface area (Å²) in [6, 6.07) is 6.66. The van der Waals surface area contributed by atoms with Crippen LogP contribution in [-0.4, -0.2) is 32.1 Å². The Morgan fingerprint density at radius 1 is 1.38 bits per heavy atom. The summed E-state index contributed by atoms with van der Waals surface area (Å²) in [6.45, 7) is 8.44. The van der Waals surface area contributed by atoms with Crippen molar-refractivity contribution in [1.29, 1.82) is 0 Å². The molecule has 0 bridgehead atoms. The van der Waals surface area contributed by atoms with E-state index in [1.165, 1.54) is 5.56 Å². The molecule has 0 saturated heterocycles. The van der Waals surface area contributed by atoms with E-state index in [9.17, 15) is 4.79 Å². The van der Waals surface area contributed by atoms with Crippen LogP contribution >= 0.6 is 15.9 Å². The normalized spacial score (nSPS) is 10.8. The molecule has 0 unspecified atom stereocenters. The van der Waals surface area contributed by atoms with E-state index in [-0.39, 0.29) is 5.91 Å². The molecule has 0 aliphatic rings. The molecule has 1 aromatic carbocycles. The fourth-order valence-corrected chi connectivity index (χ4v) is 2.53. The number of hydrogen-bond donors (Lipinski definition) is 2. The quantitative estimate of drug-likeness (QED) is 0.753. The lowest BCUT2D eigenvalue weighted by atomic mass is 10.1. The Hall–Kier alpha value is -1.07. The number of hydrogen-bond acceptors (Lipinski definition) is 3. The maximum Gasteiger partial charge on any atom is 0.239 e. The Morgan fingerprint density at radius 2 is 2.10 bits per heavy atom. The molecule has 4 nitrogen and oxygen atoms in total. The van der Waals surface area contributed by atoms with Gasteiger partial charge in [-0.15, -0.1) is 0 Å². The van der Waals surface area contributed by atoms with Gasteiger partial charge in [0, 0.05) is 36.3 Å². The number of likely N-dealkylation sites (N-methyl/N-ethyl adjacent to an activating group) is 1. The number of carbonyl (C=O) groups excluding carboxylic acids is 1. The standard InChI is InChI=1S/C16H26BrN3O/c1-5-8-20(11-16(21)18-4)15-7-6-14(17)9-13(15)10-19-12(2)3/h6-7,9,12,19H,5,8,10-11H2,1-4H3,(H,18,21). The van der Waals surface area contributed by atoms with E-state index in [1.54, 1.807) is 7.05 Å². The number of nitrogens with zero attached hydrogens (tertiary/aromatic N) is 1. The van der Waals surface area contributed by atoms with Crippen LogP contribution in [0.4, 0.5) is 5.69 Å². The monoisotopic (exact) mass is 355 g/mol. The predicted molar refractivity (Wildman–Crippen MR) is 92.7 cm³/mol. The lowest BCUT2D eigenvalue weighted by Crippen LogP contribution is -2.37. The second-order valence-corrected chi connectivity index (χ2v) is 6.32. The third-order valence-electron chi connectivity index (χ3n) is 3.19. The average Bonchev–Trinajstić information content (AvgIpc) is 2.44. The lowest BCUT2D eigenvalue weighted by molar-refractivity contribution is -0.119. The van der Waals surface area contributed by atoms with Gasteiger partial charge in [-0.25, -0.2) is 0 Å². The molecule has 0 spiro atoms. The van der Waals surface area contributed by atoms with E-state index in [2.05, 4.69) is 64.4 Å². The minimum atomic E-state index is 0.0362. The Bertz CT molecular complexity index is 463. The van der Waals surface area contributed by atoms with Gasteiger partial charge in [0.15, 0.2) is 0 Å². The smallest absolute Gasteiger partial charge is 0.239 e. The van der Waals surface area contributed by atoms with E-state index in [0.29, 0.717) is 12.6 Å². The lowest BCUT2D eigenvalue weighted by Gasteiger charge is -2.26. The van der Waals surface area contributed by atoms with Crippen LogP contribution < -0.4 is 15.5 Å². The molecule has 118 valence electrons. The van der Waals surface area contributed by atoms with Crippen molar-refractivity contribution in [1.82, 2.24) is 10.6 Å². The first-order chi connectivity index (χ1) is 9.97. The van der Waals surface area contributed by atoms with Gasteiger partial charge in [-0.3, -0.25) is 4.79 Å². The van der Waals surface area contributed by atoms with Crippen LogP contribution in [0.25, 0.3) is 0 Å². The Labute approximate surface area is 136 Å². The molecule has 1 aromatic rings. The van der Waals surface area contributed by atoms with Crippen molar-refractivity contribution in [2.45, 2.75) is 39.8 Å². The minimum Gasteiger partial charge on any atom is -0.362 e. The van der Waals surface area contributed by atoms with Gasteiger partial charge >= 0.3 is 0 Å². The summed E-state index contributed by atoms with van der Waals surface area (Å²) in [5.41, 5.74) is 2.33. The maximum absolute atomic E-state index is 11.7. The largest absolute Gasteiger partial charge is 0.362 e. The minimum absolute atomic E-state index is 0.0362. The van der Waals surface area contributed by atoms with Crippen LogP contribution in [-0.2, 0) is 11.3 Å². The number of anilines is 1. The molecule has 21 heavy (non-hydrogen) atoms. The number of halogens is 1. The number of benzene rings is 1. The summed E-state index contributed by atoms with van der Waals surface area (Å²) in [6.07, 6.45) is 1.00. The zero-order valence-electron chi connectivity index (χ0n) is 13.4. The number of carbonyl (C=O) groups is 1. The summed E-state index contributed by atoms with van der Waals surface area (Å²) >= 11 is 3.53. The van der Waals surface area contributed by atoms with Gasteiger partial charge in [0.2, 0.25) is 5.91 Å². The predicted octanol–water partition coefficient (Wildman–Crippen LogP) is 2.91. The molecular formula is C16H26BrN3O. The van der Waals surface area contributed by atoms with E-state index >= 15 is 0 Å². The van der Waals surface area contributed by atoms with Gasteiger partial charge in [-0.05, 0) is 30.2 Å². The highest BCUT2D eigenvalue weighted by Crippen LogP contribution is 2.25. The van der Waals surface area contributed by atoms with Gasteiger partial charge in [-0.2, -0.15) is 0 Å². The highest BCUT2D eigenvalue weighted by molar-refractivity contribution is 9.10. The molecule has 0 heterocycles. The Morgan fingerprint density at radius 3 is 2.67 bits per heavy atom. The van der Waals surface area contributed by atoms with Crippen LogP contribution in [0.5, 0.6) is 0 Å². The molecule has 0 saturated carbocycles. The third kappa shape index (κ3) is 6.06. The molecule has 0 radical (unpaired) electrons. The van der Waals surface area contributed by atoms with Gasteiger partial charge in [0.25, 0.3) is 0 Å². The maximum atomic E-state index is 11.7. The van der Waals surface area contributed by atoms with Crippen molar-refractivity contribution in [2.75, 3.05) is 25.0 Å². The van der Waals surface area contributed by atoms with Crippen molar-refractivity contribution in [3.8, 4) is 0 Å². The molecule has 5 heteroatoms. The zero-order chi connectivity index (χ0) is 15.8. The molecule has 0 fully saturated rings. The highest BCUT2D eigenvalue weighted by Gasteiger charge is 2.14. The van der Waals surface area contributed by atoms with Crippen LogP contribution in [0.15, 0.2) is 22.7 Å². The van der Waals surface area contributed by atoms with Crippen LogP contribution in [0.1, 0.15) is 32.8 Å². The van der Waals surface area contributed by atoms with Crippen molar-refractivity contribution >= 4 is 27.5 Å². The first-order valence-corrected chi connectivity index (χ1v) is 8.24. The highest BCUT2D eigenvalue weighted by atomic mass is 79.9. The molecule has 0 aliphatic heterocycles. The second-order valence-electron chi connectivity index (χ2n) is 5.40. The van der Waals surface area contributed by atoms with Gasteiger partial charge < -0.3 is 15.5 Å². The molecule has 2 N–H and O–H groups in total. The summed E-state index contributed by atoms with van der Waals surface area (Å²) in [4.78, 5) is 13.9.